The van der Waals surface area contributed by atoms with Gasteiger partial charge in [0, 0.05) is 28.6 Å². The number of ether oxygens (including phenoxy) is 1. The minimum absolute atomic E-state index is 0.548. The quantitative estimate of drug-likeness (QED) is 0.215. The minimum atomic E-state index is 0.548. The van der Waals surface area contributed by atoms with Gasteiger partial charge in [-0.05, 0) is 53.6 Å². The van der Waals surface area contributed by atoms with Crippen LogP contribution in [0.5, 0.6) is 5.75 Å². The predicted molar refractivity (Wildman–Crippen MR) is 164 cm³/mol. The van der Waals surface area contributed by atoms with Crippen molar-refractivity contribution in [3.63, 3.8) is 0 Å². The molecule has 1 N–H and O–H groups in total. The Kier molecular flexibility index (Phi) is 6.55. The molecule has 0 saturated carbocycles. The predicted octanol–water partition coefficient (Wildman–Crippen LogP) is 7.88. The topological polar surface area (TPSA) is 64.9 Å². The number of hydrogen-bond acceptors (Lipinski definition) is 5. The van der Waals surface area contributed by atoms with E-state index in [1.807, 2.05) is 79.1 Å². The Balaban J connectivity index is 1.11. The van der Waals surface area contributed by atoms with Gasteiger partial charge in [-0.3, -0.25) is 4.57 Å². The molecule has 0 aliphatic rings. The Bertz CT molecular complexity index is 1950. The van der Waals surface area contributed by atoms with Crippen molar-refractivity contribution >= 4 is 33.3 Å². The number of hydrogen-bond donors (Lipinski definition) is 1. The van der Waals surface area contributed by atoms with Crippen molar-refractivity contribution in [1.29, 1.82) is 0 Å². The molecule has 0 saturated heterocycles. The lowest BCUT2D eigenvalue weighted by molar-refractivity contribution is 0.306. The van der Waals surface area contributed by atoms with Crippen LogP contribution in [0.3, 0.4) is 0 Å². The highest BCUT2D eigenvalue weighted by Crippen LogP contribution is 2.28. The third-order valence-corrected chi connectivity index (χ3v) is 7.15. The first kappa shape index (κ1) is 24.5. The normalized spacial score (nSPS) is 11.1. The molecule has 5 aromatic carbocycles. The molecule has 0 unspecified atom stereocenters. The van der Waals surface area contributed by atoms with E-state index in [1.54, 1.807) is 0 Å². The largest absolute Gasteiger partial charge is 0.489 e. The second kappa shape index (κ2) is 10.9. The van der Waals surface area contributed by atoms with Crippen LogP contribution < -0.4 is 10.1 Å². The summed E-state index contributed by atoms with van der Waals surface area (Å²) in [5, 5.41) is 14.9. The zero-order valence-electron chi connectivity index (χ0n) is 22.3. The first-order chi connectivity index (χ1) is 20.3. The van der Waals surface area contributed by atoms with Crippen LogP contribution in [0.2, 0.25) is 0 Å². The number of nitrogens with one attached hydrogen (secondary N) is 1. The van der Waals surface area contributed by atoms with Crippen molar-refractivity contribution in [3.8, 4) is 11.4 Å². The lowest BCUT2D eigenvalue weighted by Crippen LogP contribution is -2.03. The third kappa shape index (κ3) is 5.23. The summed E-state index contributed by atoms with van der Waals surface area (Å²) in [4.78, 5) is 4.53. The van der Waals surface area contributed by atoms with Gasteiger partial charge in [-0.1, -0.05) is 84.9 Å². The van der Waals surface area contributed by atoms with E-state index < -0.39 is 0 Å². The van der Waals surface area contributed by atoms with E-state index >= 15 is 0 Å². The Morgan fingerprint density at radius 3 is 2.32 bits per heavy atom. The van der Waals surface area contributed by atoms with E-state index in [9.17, 15) is 0 Å². The second-order valence-corrected chi connectivity index (χ2v) is 9.91. The molecule has 198 valence electrons. The number of imidazole rings is 1. The van der Waals surface area contributed by atoms with Crippen molar-refractivity contribution in [3.05, 3.63) is 151 Å². The van der Waals surface area contributed by atoms with E-state index in [2.05, 4.69) is 79.7 Å². The number of benzene rings is 5. The maximum atomic E-state index is 5.95. The summed E-state index contributed by atoms with van der Waals surface area (Å²) in [6.45, 7) is 0.548. The summed E-state index contributed by atoms with van der Waals surface area (Å²) < 4.78 is 8.04. The highest BCUT2D eigenvalue weighted by molar-refractivity contribution is 5.94. The van der Waals surface area contributed by atoms with E-state index in [4.69, 9.17) is 4.74 Å². The number of aromatic nitrogens is 4. The minimum Gasteiger partial charge on any atom is -0.489 e. The maximum Gasteiger partial charge on any atom is 0.160 e. The fourth-order valence-corrected chi connectivity index (χ4v) is 5.06. The number of anilines is 2. The molecule has 0 fully saturated rings. The lowest BCUT2D eigenvalue weighted by atomic mass is 10.0. The summed E-state index contributed by atoms with van der Waals surface area (Å²) in [5.74, 6) is 1.57. The van der Waals surface area contributed by atoms with Gasteiger partial charge >= 0.3 is 0 Å². The Hall–Kier alpha value is -5.49. The van der Waals surface area contributed by atoms with Crippen LogP contribution >= 0.6 is 0 Å². The van der Waals surface area contributed by atoms with Crippen molar-refractivity contribution in [1.82, 2.24) is 19.7 Å². The maximum absolute atomic E-state index is 5.95. The van der Waals surface area contributed by atoms with Gasteiger partial charge < -0.3 is 10.1 Å². The van der Waals surface area contributed by atoms with Gasteiger partial charge in [-0.15, -0.1) is 5.10 Å². The van der Waals surface area contributed by atoms with Gasteiger partial charge in [-0.2, -0.15) is 5.10 Å². The lowest BCUT2D eigenvalue weighted by Gasteiger charge is -2.13. The molecule has 0 radical (unpaired) electrons. The summed E-state index contributed by atoms with van der Waals surface area (Å²) in [6, 6.07) is 43.0. The van der Waals surface area contributed by atoms with Crippen LogP contribution in [0.15, 0.2) is 134 Å². The molecule has 0 spiro atoms. The first-order valence-electron chi connectivity index (χ1n) is 13.6. The summed E-state index contributed by atoms with van der Waals surface area (Å²) in [7, 11) is 0. The smallest absolute Gasteiger partial charge is 0.160 e. The molecule has 0 aliphatic carbocycles. The molecule has 0 amide bonds. The Morgan fingerprint density at radius 2 is 1.44 bits per heavy atom. The fourth-order valence-electron chi connectivity index (χ4n) is 5.06. The van der Waals surface area contributed by atoms with Gasteiger partial charge in [0.1, 0.15) is 18.7 Å². The molecule has 2 heterocycles. The van der Waals surface area contributed by atoms with Crippen LogP contribution in [0.25, 0.3) is 27.5 Å². The van der Waals surface area contributed by atoms with Crippen molar-refractivity contribution < 1.29 is 4.74 Å². The van der Waals surface area contributed by atoms with E-state index in [1.165, 1.54) is 0 Å². The van der Waals surface area contributed by atoms with Crippen LogP contribution in [0, 0.1) is 0 Å². The zero-order chi connectivity index (χ0) is 27.4. The van der Waals surface area contributed by atoms with Crippen LogP contribution in [0.4, 0.5) is 11.5 Å². The monoisotopic (exact) mass is 533 g/mol. The van der Waals surface area contributed by atoms with Gasteiger partial charge in [0.05, 0.1) is 16.7 Å². The fraction of sp³-hybridized carbons (Fsp3) is 0.0571. The van der Waals surface area contributed by atoms with Crippen LogP contribution in [-0.4, -0.2) is 19.7 Å². The summed E-state index contributed by atoms with van der Waals surface area (Å²) >= 11 is 0. The van der Waals surface area contributed by atoms with E-state index in [0.29, 0.717) is 13.0 Å². The van der Waals surface area contributed by atoms with Gasteiger partial charge in [-0.25, -0.2) is 4.98 Å². The third-order valence-electron chi connectivity index (χ3n) is 7.15. The van der Waals surface area contributed by atoms with Crippen molar-refractivity contribution in [2.45, 2.75) is 13.0 Å². The summed E-state index contributed by atoms with van der Waals surface area (Å²) in [5.41, 5.74) is 7.21. The number of fused-ring (bicyclic) bond motifs is 2. The molecule has 2 aromatic heterocycles. The molecule has 7 aromatic rings. The molecular weight excluding hydrogens is 506 g/mol. The van der Waals surface area contributed by atoms with Crippen molar-refractivity contribution in [2.75, 3.05) is 5.32 Å². The Morgan fingerprint density at radius 1 is 0.659 bits per heavy atom. The number of rotatable bonds is 8. The number of para-hydroxylation sites is 2. The molecule has 6 heteroatoms. The summed E-state index contributed by atoms with van der Waals surface area (Å²) in [6.07, 6.45) is 2.53. The van der Waals surface area contributed by atoms with Gasteiger partial charge in [0.2, 0.25) is 0 Å². The molecule has 0 atom stereocenters. The molecule has 41 heavy (non-hydrogen) atoms. The molecule has 6 nitrogen and oxygen atoms in total. The van der Waals surface area contributed by atoms with E-state index in [-0.39, 0.29) is 0 Å². The van der Waals surface area contributed by atoms with Gasteiger partial charge in [0.15, 0.2) is 5.82 Å². The highest BCUT2D eigenvalue weighted by Gasteiger charge is 2.11. The van der Waals surface area contributed by atoms with E-state index in [0.717, 1.165) is 61.6 Å². The molecule has 0 aliphatic heterocycles. The van der Waals surface area contributed by atoms with Crippen molar-refractivity contribution in [2.24, 2.45) is 0 Å². The average Bonchev–Trinajstić information content (AvgIpc) is 3.47. The zero-order valence-corrected chi connectivity index (χ0v) is 22.3. The molecule has 7 rings (SSSR count). The highest BCUT2D eigenvalue weighted by atomic mass is 16.5. The van der Waals surface area contributed by atoms with Gasteiger partial charge in [0.25, 0.3) is 0 Å². The SMILES string of the molecule is c1ccc(COc2ccc(Cc3nnc(Nc4cccc(-n5cnc6ccccc65)c4)c4ccccc34)cc2)cc1. The first-order valence-corrected chi connectivity index (χ1v) is 13.6. The van der Waals surface area contributed by atoms with Crippen LogP contribution in [0.1, 0.15) is 16.8 Å². The average molecular weight is 534 g/mol. The van der Waals surface area contributed by atoms with Crippen LogP contribution in [-0.2, 0) is 13.0 Å². The number of nitrogens with zero attached hydrogens (tertiary/aromatic N) is 4. The molecule has 0 bridgehead atoms. The Labute approximate surface area is 237 Å². The molecular formula is C35H27N5O. The standard InChI is InChI=1S/C35H27N5O/c1-2-9-26(10-3-1)23-41-29-19-17-25(18-20-29)21-33-30-13-4-5-14-31(30)35(39-38-33)37-27-11-8-12-28(22-27)40-24-36-32-15-6-7-16-34(32)40/h1-20,22,24H,21,23H2,(H,37,39). The second-order valence-electron chi connectivity index (χ2n) is 9.91.